The summed E-state index contributed by atoms with van der Waals surface area (Å²) in [4.78, 5) is 25.8. The number of pyridine rings is 2. The summed E-state index contributed by atoms with van der Waals surface area (Å²) in [6, 6.07) is 12.9. The first kappa shape index (κ1) is 23.4. The van der Waals surface area contributed by atoms with Crippen LogP contribution in [0.2, 0.25) is 0 Å². The smallest absolute Gasteiger partial charge is 0.292 e. The Labute approximate surface area is 197 Å². The number of aromatic nitrogens is 4. The van der Waals surface area contributed by atoms with Crippen molar-refractivity contribution in [3.63, 3.8) is 0 Å². The first-order valence-corrected chi connectivity index (χ1v) is 12.4. The molecule has 0 bridgehead atoms. The lowest BCUT2D eigenvalue weighted by Crippen LogP contribution is -2.24. The van der Waals surface area contributed by atoms with Crippen LogP contribution >= 0.6 is 0 Å². The molecule has 0 radical (unpaired) electrons. The fourth-order valence-corrected chi connectivity index (χ4v) is 4.26. The fraction of sp³-hybridized carbons (Fsp3) is 0.250. The predicted molar refractivity (Wildman–Crippen MR) is 132 cm³/mol. The van der Waals surface area contributed by atoms with Gasteiger partial charge >= 0.3 is 0 Å². The molecule has 3 aromatic heterocycles. The maximum atomic E-state index is 12.2. The van der Waals surface area contributed by atoms with E-state index in [0.717, 1.165) is 28.5 Å². The van der Waals surface area contributed by atoms with E-state index < -0.39 is 15.4 Å². The van der Waals surface area contributed by atoms with Crippen LogP contribution in [0.1, 0.15) is 25.2 Å². The lowest BCUT2D eigenvalue weighted by Gasteiger charge is -2.25. The molecule has 0 aliphatic carbocycles. The van der Waals surface area contributed by atoms with Gasteiger partial charge < -0.3 is 9.30 Å². The highest BCUT2D eigenvalue weighted by Crippen LogP contribution is 2.36. The summed E-state index contributed by atoms with van der Waals surface area (Å²) in [6.45, 7) is 3.95. The Balaban J connectivity index is 1.99. The first-order valence-electron chi connectivity index (χ1n) is 10.5. The van der Waals surface area contributed by atoms with Gasteiger partial charge in [-0.15, -0.1) is 0 Å². The molecule has 4 rings (SSSR count). The predicted octanol–water partition coefficient (Wildman–Crippen LogP) is 3.10. The van der Waals surface area contributed by atoms with E-state index in [4.69, 9.17) is 4.74 Å². The molecule has 176 valence electrons. The van der Waals surface area contributed by atoms with Crippen LogP contribution < -0.4 is 15.0 Å². The molecule has 34 heavy (non-hydrogen) atoms. The van der Waals surface area contributed by atoms with Gasteiger partial charge in [-0.1, -0.05) is 12.1 Å². The normalized spacial score (nSPS) is 12.0. The van der Waals surface area contributed by atoms with Crippen LogP contribution in [-0.4, -0.2) is 41.3 Å². The van der Waals surface area contributed by atoms with Crippen LogP contribution in [0.25, 0.3) is 22.0 Å². The van der Waals surface area contributed by atoms with E-state index in [9.17, 15) is 13.2 Å². The zero-order chi connectivity index (χ0) is 24.7. The van der Waals surface area contributed by atoms with Crippen molar-refractivity contribution in [2.24, 2.45) is 7.05 Å². The van der Waals surface area contributed by atoms with E-state index in [2.05, 4.69) is 19.7 Å². The summed E-state index contributed by atoms with van der Waals surface area (Å²) in [7, 11) is -0.456. The molecule has 3 heterocycles. The van der Waals surface area contributed by atoms with Crippen molar-refractivity contribution in [3.05, 3.63) is 76.6 Å². The highest BCUT2D eigenvalue weighted by molar-refractivity contribution is 7.91. The number of nitrogens with one attached hydrogen (secondary N) is 1. The number of fused-ring (bicyclic) bond motifs is 1. The Hall–Kier alpha value is -3.79. The van der Waals surface area contributed by atoms with Crippen molar-refractivity contribution < 1.29 is 13.2 Å². The minimum Gasteiger partial charge on any atom is -0.491 e. The van der Waals surface area contributed by atoms with Gasteiger partial charge in [0.1, 0.15) is 0 Å². The largest absolute Gasteiger partial charge is 0.491 e. The lowest BCUT2D eigenvalue weighted by molar-refractivity contribution is 0.405. The second-order valence-electron chi connectivity index (χ2n) is 8.56. The second-order valence-corrected chi connectivity index (χ2v) is 10.3. The maximum absolute atomic E-state index is 12.2. The van der Waals surface area contributed by atoms with Crippen LogP contribution in [0.5, 0.6) is 5.75 Å². The summed E-state index contributed by atoms with van der Waals surface area (Å²) in [5.41, 5.74) is 2.66. The monoisotopic (exact) mass is 479 g/mol. The molecule has 0 atom stereocenters. The van der Waals surface area contributed by atoms with E-state index in [1.54, 1.807) is 31.6 Å². The third-order valence-electron chi connectivity index (χ3n) is 5.57. The molecule has 10 heteroatoms. The van der Waals surface area contributed by atoms with E-state index in [1.165, 1.54) is 11.7 Å². The molecule has 0 unspecified atom stereocenters. The fourth-order valence-electron chi connectivity index (χ4n) is 3.84. The van der Waals surface area contributed by atoms with Gasteiger partial charge in [0.05, 0.1) is 30.3 Å². The zero-order valence-corrected chi connectivity index (χ0v) is 20.3. The standard InChI is InChI=1S/C24H25N5O4S/c1-24(2,20-8-6-7-11-25-20)21-17-12-15(16-13-19(33-4)22(30)29(3)14-16)9-10-18(17)26-23(27-21)28-34(5,31)32/h6-14H,1-5H3,(H,26,27,28). The molecule has 0 amide bonds. The van der Waals surface area contributed by atoms with Crippen molar-refractivity contribution in [2.45, 2.75) is 19.3 Å². The summed E-state index contributed by atoms with van der Waals surface area (Å²) >= 11 is 0. The quantitative estimate of drug-likeness (QED) is 0.452. The Morgan fingerprint density at radius 1 is 1.06 bits per heavy atom. The van der Waals surface area contributed by atoms with Crippen LogP contribution in [0.15, 0.2) is 59.7 Å². The number of hydrogen-bond donors (Lipinski definition) is 1. The topological polar surface area (TPSA) is 116 Å². The van der Waals surface area contributed by atoms with Crippen molar-refractivity contribution in [1.82, 2.24) is 19.5 Å². The Morgan fingerprint density at radius 3 is 2.47 bits per heavy atom. The molecule has 0 aliphatic heterocycles. The van der Waals surface area contributed by atoms with E-state index in [0.29, 0.717) is 11.2 Å². The molecule has 1 aromatic carbocycles. The van der Waals surface area contributed by atoms with Gasteiger partial charge in [0.15, 0.2) is 5.75 Å². The summed E-state index contributed by atoms with van der Waals surface area (Å²) in [5, 5.41) is 0.736. The molecule has 9 nitrogen and oxygen atoms in total. The van der Waals surface area contributed by atoms with Gasteiger partial charge in [-0.3, -0.25) is 14.5 Å². The van der Waals surface area contributed by atoms with Crippen LogP contribution in [0.4, 0.5) is 5.95 Å². The minimum atomic E-state index is -3.58. The number of aryl methyl sites for hydroxylation is 1. The van der Waals surface area contributed by atoms with Crippen LogP contribution in [0.3, 0.4) is 0 Å². The Kier molecular flexibility index (Phi) is 5.86. The third-order valence-corrected chi connectivity index (χ3v) is 6.13. The SMILES string of the molecule is COc1cc(-c2ccc3nc(NS(C)(=O)=O)nc(C(C)(C)c4ccccn4)c3c2)cn(C)c1=O. The van der Waals surface area contributed by atoms with Gasteiger partial charge in [-0.2, -0.15) is 0 Å². The third kappa shape index (κ3) is 4.49. The number of anilines is 1. The number of methoxy groups -OCH3 is 1. The number of sulfonamides is 1. The molecule has 0 saturated heterocycles. The highest BCUT2D eigenvalue weighted by atomic mass is 32.2. The second kappa shape index (κ2) is 8.53. The Morgan fingerprint density at radius 2 is 1.82 bits per heavy atom. The maximum Gasteiger partial charge on any atom is 0.292 e. The van der Waals surface area contributed by atoms with Gasteiger partial charge in [-0.05, 0) is 49.7 Å². The average molecular weight is 480 g/mol. The molecule has 0 spiro atoms. The van der Waals surface area contributed by atoms with Gasteiger partial charge in [0.2, 0.25) is 16.0 Å². The molecule has 1 N–H and O–H groups in total. The van der Waals surface area contributed by atoms with Crippen LogP contribution in [-0.2, 0) is 22.5 Å². The van der Waals surface area contributed by atoms with Gasteiger partial charge in [-0.25, -0.2) is 18.4 Å². The van der Waals surface area contributed by atoms with Crippen molar-refractivity contribution in [1.29, 1.82) is 0 Å². The number of nitrogens with zero attached hydrogens (tertiary/aromatic N) is 4. The Bertz CT molecular complexity index is 1550. The summed E-state index contributed by atoms with van der Waals surface area (Å²) in [6.07, 6.45) is 4.49. The number of hydrogen-bond acceptors (Lipinski definition) is 7. The first-order chi connectivity index (χ1) is 16.0. The van der Waals surface area contributed by atoms with Crippen molar-refractivity contribution in [2.75, 3.05) is 18.1 Å². The van der Waals surface area contributed by atoms with E-state index in [1.807, 2.05) is 44.2 Å². The molecule has 0 aliphatic rings. The van der Waals surface area contributed by atoms with Crippen molar-refractivity contribution in [3.8, 4) is 16.9 Å². The lowest BCUT2D eigenvalue weighted by atomic mass is 9.82. The van der Waals surface area contributed by atoms with E-state index >= 15 is 0 Å². The average Bonchev–Trinajstić information content (AvgIpc) is 2.79. The van der Waals surface area contributed by atoms with Gasteiger partial charge in [0.25, 0.3) is 5.56 Å². The number of ether oxygens (including phenoxy) is 1. The zero-order valence-electron chi connectivity index (χ0n) is 19.5. The summed E-state index contributed by atoms with van der Waals surface area (Å²) < 4.78 is 32.9. The molecular formula is C24H25N5O4S. The molecule has 4 aromatic rings. The number of benzene rings is 1. The number of rotatable bonds is 6. The molecule has 0 fully saturated rings. The minimum absolute atomic E-state index is 0.00877. The van der Waals surface area contributed by atoms with E-state index in [-0.39, 0.29) is 17.3 Å². The van der Waals surface area contributed by atoms with Gasteiger partial charge in [0, 0.05) is 35.8 Å². The molecular weight excluding hydrogens is 454 g/mol. The molecule has 0 saturated carbocycles. The summed E-state index contributed by atoms with van der Waals surface area (Å²) in [5.74, 6) is 0.226. The highest BCUT2D eigenvalue weighted by Gasteiger charge is 2.30. The van der Waals surface area contributed by atoms with Crippen molar-refractivity contribution >= 4 is 26.9 Å². The van der Waals surface area contributed by atoms with Crippen LogP contribution in [0, 0.1) is 0 Å².